The van der Waals surface area contributed by atoms with E-state index in [9.17, 15) is 0 Å². The van der Waals surface area contributed by atoms with Crippen LogP contribution in [0.1, 0.15) is 28.3 Å². The first-order chi connectivity index (χ1) is 8.11. The van der Waals surface area contributed by atoms with Gasteiger partial charge in [-0.3, -0.25) is 0 Å². The number of aryl methyl sites for hydroxylation is 1. The molecule has 0 aliphatic carbocycles. The van der Waals surface area contributed by atoms with Gasteiger partial charge in [0.2, 0.25) is 0 Å². The molecule has 1 unspecified atom stereocenters. The molecule has 17 heavy (non-hydrogen) atoms. The SMILES string of the molecule is CCc1ccc(C(Cl)c2cc(Br)c(Cl)s2)cc1. The van der Waals surface area contributed by atoms with E-state index < -0.39 is 0 Å². The first-order valence-electron chi connectivity index (χ1n) is 5.29. The molecule has 0 spiro atoms. The Bertz CT molecular complexity index is 485. The highest BCUT2D eigenvalue weighted by Gasteiger charge is 2.15. The standard InChI is InChI=1S/C13H11BrCl2S/c1-2-8-3-5-9(6-4-8)12(15)11-7-10(14)13(16)17-11/h3-7,12H,2H2,1H3. The lowest BCUT2D eigenvalue weighted by Crippen LogP contribution is -1.90. The zero-order valence-electron chi connectivity index (χ0n) is 9.21. The number of alkyl halides is 1. The fourth-order valence-corrected chi connectivity index (χ4v) is 3.66. The van der Waals surface area contributed by atoms with Crippen LogP contribution in [0.25, 0.3) is 0 Å². The van der Waals surface area contributed by atoms with Crippen LogP contribution in [0, 0.1) is 0 Å². The normalized spacial score (nSPS) is 12.7. The van der Waals surface area contributed by atoms with Crippen molar-refractivity contribution >= 4 is 50.5 Å². The van der Waals surface area contributed by atoms with Crippen LogP contribution in [0.2, 0.25) is 4.34 Å². The van der Waals surface area contributed by atoms with Gasteiger partial charge in [-0.2, -0.15) is 0 Å². The van der Waals surface area contributed by atoms with Gasteiger partial charge in [0.15, 0.2) is 0 Å². The predicted octanol–water partition coefficient (Wildman–Crippen LogP) is 6.05. The van der Waals surface area contributed by atoms with Crippen LogP contribution in [-0.4, -0.2) is 0 Å². The van der Waals surface area contributed by atoms with Crippen molar-refractivity contribution in [3.63, 3.8) is 0 Å². The smallest absolute Gasteiger partial charge is 0.107 e. The molecule has 0 saturated heterocycles. The van der Waals surface area contributed by atoms with Gasteiger partial charge in [0.05, 0.1) is 5.38 Å². The molecular formula is C13H11BrCl2S. The van der Waals surface area contributed by atoms with Crippen LogP contribution < -0.4 is 0 Å². The Morgan fingerprint density at radius 2 is 1.94 bits per heavy atom. The summed E-state index contributed by atoms with van der Waals surface area (Å²) in [4.78, 5) is 1.06. The molecule has 0 fully saturated rings. The molecule has 0 aliphatic heterocycles. The van der Waals surface area contributed by atoms with Crippen molar-refractivity contribution in [3.8, 4) is 0 Å². The van der Waals surface area contributed by atoms with Gasteiger partial charge in [-0.1, -0.05) is 42.8 Å². The Balaban J connectivity index is 2.26. The van der Waals surface area contributed by atoms with E-state index in [2.05, 4.69) is 47.1 Å². The van der Waals surface area contributed by atoms with Crippen molar-refractivity contribution in [1.82, 2.24) is 0 Å². The number of halogens is 3. The van der Waals surface area contributed by atoms with Crippen LogP contribution in [0.4, 0.5) is 0 Å². The third-order valence-electron chi connectivity index (χ3n) is 2.59. The molecule has 1 atom stereocenters. The number of hydrogen-bond donors (Lipinski definition) is 0. The average Bonchev–Trinajstić information content (AvgIpc) is 2.69. The molecule has 0 nitrogen and oxygen atoms in total. The van der Waals surface area contributed by atoms with E-state index in [1.54, 1.807) is 0 Å². The van der Waals surface area contributed by atoms with Crippen LogP contribution in [0.5, 0.6) is 0 Å². The highest BCUT2D eigenvalue weighted by Crippen LogP contribution is 2.40. The molecule has 1 aromatic heterocycles. The molecule has 1 heterocycles. The van der Waals surface area contributed by atoms with E-state index in [0.717, 1.165) is 25.7 Å². The van der Waals surface area contributed by atoms with Gasteiger partial charge in [0, 0.05) is 9.35 Å². The third kappa shape index (κ3) is 3.05. The van der Waals surface area contributed by atoms with Gasteiger partial charge in [-0.05, 0) is 39.5 Å². The Labute approximate surface area is 124 Å². The Morgan fingerprint density at radius 3 is 2.41 bits per heavy atom. The van der Waals surface area contributed by atoms with Gasteiger partial charge in [-0.25, -0.2) is 0 Å². The Morgan fingerprint density at radius 1 is 1.29 bits per heavy atom. The third-order valence-corrected chi connectivity index (χ3v) is 5.75. The molecular weight excluding hydrogens is 339 g/mol. The summed E-state index contributed by atoms with van der Waals surface area (Å²) in [6.45, 7) is 2.14. The van der Waals surface area contributed by atoms with Gasteiger partial charge < -0.3 is 0 Å². The number of rotatable bonds is 3. The van der Waals surface area contributed by atoms with Gasteiger partial charge in [0.25, 0.3) is 0 Å². The monoisotopic (exact) mass is 348 g/mol. The topological polar surface area (TPSA) is 0 Å². The molecule has 0 radical (unpaired) electrons. The maximum Gasteiger partial charge on any atom is 0.107 e. The van der Waals surface area contributed by atoms with Gasteiger partial charge >= 0.3 is 0 Å². The summed E-state index contributed by atoms with van der Waals surface area (Å²) in [6, 6.07) is 10.4. The number of thiophene rings is 1. The quantitative estimate of drug-likeness (QED) is 0.591. The van der Waals surface area contributed by atoms with Crippen molar-refractivity contribution in [2.75, 3.05) is 0 Å². The lowest BCUT2D eigenvalue weighted by atomic mass is 10.1. The molecule has 0 amide bonds. The van der Waals surface area contributed by atoms with Gasteiger partial charge in [0.1, 0.15) is 4.34 Å². The fourth-order valence-electron chi connectivity index (χ4n) is 1.57. The second-order valence-electron chi connectivity index (χ2n) is 3.73. The molecule has 2 aromatic rings. The van der Waals surface area contributed by atoms with Crippen molar-refractivity contribution in [1.29, 1.82) is 0 Å². The molecule has 90 valence electrons. The number of hydrogen-bond acceptors (Lipinski definition) is 1. The van der Waals surface area contributed by atoms with Crippen molar-refractivity contribution in [3.05, 3.63) is 55.1 Å². The first-order valence-corrected chi connectivity index (χ1v) is 7.72. The lowest BCUT2D eigenvalue weighted by molar-refractivity contribution is 1.11. The minimum Gasteiger partial charge on any atom is -0.125 e. The summed E-state index contributed by atoms with van der Waals surface area (Å²) in [7, 11) is 0. The molecule has 0 aliphatic rings. The van der Waals surface area contributed by atoms with Crippen LogP contribution in [0.15, 0.2) is 34.8 Å². The molecule has 4 heteroatoms. The number of benzene rings is 1. The van der Waals surface area contributed by atoms with Crippen molar-refractivity contribution in [2.45, 2.75) is 18.7 Å². The Kier molecular flexibility index (Phi) is 4.53. The van der Waals surface area contributed by atoms with E-state index in [-0.39, 0.29) is 5.38 Å². The lowest BCUT2D eigenvalue weighted by Gasteiger charge is -2.08. The van der Waals surface area contributed by atoms with Crippen LogP contribution in [-0.2, 0) is 6.42 Å². The summed E-state index contributed by atoms with van der Waals surface area (Å²) in [5.41, 5.74) is 2.43. The second-order valence-corrected chi connectivity index (χ2v) is 6.70. The van der Waals surface area contributed by atoms with Crippen molar-refractivity contribution < 1.29 is 0 Å². The highest BCUT2D eigenvalue weighted by molar-refractivity contribution is 9.10. The van der Waals surface area contributed by atoms with E-state index in [4.69, 9.17) is 23.2 Å². The summed E-state index contributed by atoms with van der Waals surface area (Å²) >= 11 is 17.4. The second kappa shape index (κ2) is 5.75. The van der Waals surface area contributed by atoms with Gasteiger partial charge in [-0.15, -0.1) is 22.9 Å². The highest BCUT2D eigenvalue weighted by atomic mass is 79.9. The molecule has 2 rings (SSSR count). The van der Waals surface area contributed by atoms with E-state index in [1.165, 1.54) is 16.9 Å². The van der Waals surface area contributed by atoms with E-state index in [1.807, 2.05) is 6.07 Å². The summed E-state index contributed by atoms with van der Waals surface area (Å²) in [5.74, 6) is 0. The minimum absolute atomic E-state index is 0.130. The minimum atomic E-state index is -0.130. The molecule has 1 aromatic carbocycles. The fraction of sp³-hybridized carbons (Fsp3) is 0.231. The summed E-state index contributed by atoms with van der Waals surface area (Å²) in [6.07, 6.45) is 1.05. The molecule has 0 N–H and O–H groups in total. The van der Waals surface area contributed by atoms with Crippen LogP contribution >= 0.6 is 50.5 Å². The summed E-state index contributed by atoms with van der Waals surface area (Å²) in [5, 5.41) is -0.130. The summed E-state index contributed by atoms with van der Waals surface area (Å²) < 4.78 is 1.66. The van der Waals surface area contributed by atoms with E-state index in [0.29, 0.717) is 0 Å². The maximum atomic E-state index is 6.44. The largest absolute Gasteiger partial charge is 0.125 e. The zero-order valence-corrected chi connectivity index (χ0v) is 13.1. The Hall–Kier alpha value is -0.0200. The molecule has 0 saturated carbocycles. The zero-order chi connectivity index (χ0) is 12.4. The maximum absolute atomic E-state index is 6.44. The van der Waals surface area contributed by atoms with Crippen LogP contribution in [0.3, 0.4) is 0 Å². The first kappa shape index (κ1) is 13.4. The van der Waals surface area contributed by atoms with Crippen molar-refractivity contribution in [2.24, 2.45) is 0 Å². The predicted molar refractivity (Wildman–Crippen MR) is 80.5 cm³/mol. The van der Waals surface area contributed by atoms with E-state index >= 15 is 0 Å². The molecule has 0 bridgehead atoms. The average molecular weight is 350 g/mol.